The molecule has 0 saturated heterocycles. The molecule has 17 heavy (non-hydrogen) atoms. The van der Waals surface area contributed by atoms with Crippen molar-refractivity contribution in [2.75, 3.05) is 0 Å². The molecule has 0 aliphatic rings. The molecule has 4 nitrogen and oxygen atoms in total. The second-order valence-electron chi connectivity index (χ2n) is 4.79. The van der Waals surface area contributed by atoms with Crippen molar-refractivity contribution in [3.05, 3.63) is 35.3 Å². The number of hydrogen-bond donors (Lipinski definition) is 1. The van der Waals surface area contributed by atoms with E-state index in [4.69, 9.17) is 0 Å². The first-order valence-electron chi connectivity index (χ1n) is 5.98. The summed E-state index contributed by atoms with van der Waals surface area (Å²) in [6.45, 7) is 6.33. The summed E-state index contributed by atoms with van der Waals surface area (Å²) in [7, 11) is 0. The Morgan fingerprint density at radius 3 is 2.41 bits per heavy atom. The smallest absolute Gasteiger partial charge is 0.251 e. The van der Waals surface area contributed by atoms with Crippen LogP contribution in [0.4, 0.5) is 0 Å². The summed E-state index contributed by atoms with van der Waals surface area (Å²) >= 11 is 0. The normalized spacial score (nSPS) is 12.5. The van der Waals surface area contributed by atoms with Crippen molar-refractivity contribution in [1.29, 1.82) is 0 Å². The van der Waals surface area contributed by atoms with Crippen LogP contribution in [-0.2, 0) is 0 Å². The zero-order valence-corrected chi connectivity index (χ0v) is 10.6. The number of amides is 1. The molecule has 1 rings (SSSR count). The lowest BCUT2D eigenvalue weighted by molar-refractivity contribution is -0.605. The summed E-state index contributed by atoms with van der Waals surface area (Å²) in [4.78, 5) is 11.8. The maximum atomic E-state index is 11.8. The predicted octanol–water partition coefficient (Wildman–Crippen LogP) is 1.87. The molecule has 0 aliphatic carbocycles. The van der Waals surface area contributed by atoms with E-state index in [2.05, 4.69) is 19.2 Å². The van der Waals surface area contributed by atoms with Crippen LogP contribution in [0.15, 0.2) is 24.5 Å². The minimum atomic E-state index is -0.123. The van der Waals surface area contributed by atoms with Crippen LogP contribution in [-0.4, -0.2) is 11.9 Å². The molecule has 1 aromatic rings. The van der Waals surface area contributed by atoms with Gasteiger partial charge in [-0.15, -0.1) is 0 Å². The van der Waals surface area contributed by atoms with Gasteiger partial charge in [0.15, 0.2) is 12.4 Å². The van der Waals surface area contributed by atoms with Gasteiger partial charge in [0, 0.05) is 18.2 Å². The molecule has 4 heteroatoms. The third-order valence-electron chi connectivity index (χ3n) is 2.62. The van der Waals surface area contributed by atoms with Gasteiger partial charge in [-0.3, -0.25) is 4.79 Å². The molecule has 0 radical (unpaired) electrons. The van der Waals surface area contributed by atoms with E-state index in [0.717, 1.165) is 12.8 Å². The van der Waals surface area contributed by atoms with Crippen LogP contribution in [0.1, 0.15) is 44.0 Å². The van der Waals surface area contributed by atoms with E-state index in [1.807, 2.05) is 6.92 Å². The molecule has 0 aliphatic heterocycles. The van der Waals surface area contributed by atoms with Crippen molar-refractivity contribution in [1.82, 2.24) is 5.32 Å². The van der Waals surface area contributed by atoms with Crippen molar-refractivity contribution < 1.29 is 9.52 Å². The van der Waals surface area contributed by atoms with Crippen LogP contribution in [0.3, 0.4) is 0 Å². The maximum Gasteiger partial charge on any atom is 0.251 e. The van der Waals surface area contributed by atoms with Crippen molar-refractivity contribution in [2.24, 2.45) is 5.92 Å². The molecule has 1 heterocycles. The van der Waals surface area contributed by atoms with Crippen LogP contribution in [0, 0.1) is 11.1 Å². The van der Waals surface area contributed by atoms with Gasteiger partial charge in [-0.05, 0) is 25.7 Å². The molecular weight excluding hydrogens is 216 g/mol. The highest BCUT2D eigenvalue weighted by Gasteiger charge is 2.10. The first-order chi connectivity index (χ1) is 7.99. The SMILES string of the molecule is CC(C)CCC(C)NC(=O)c1cc[n+]([O-])cc1. The molecule has 94 valence electrons. The lowest BCUT2D eigenvalue weighted by atomic mass is 10.0. The minimum absolute atomic E-state index is 0.123. The number of rotatable bonds is 5. The second kappa shape index (κ2) is 6.23. The molecule has 0 aromatic carbocycles. The average Bonchev–Trinajstić information content (AvgIpc) is 2.27. The van der Waals surface area contributed by atoms with Crippen molar-refractivity contribution >= 4 is 5.91 Å². The molecule has 1 atom stereocenters. The van der Waals surface area contributed by atoms with Gasteiger partial charge in [-0.2, -0.15) is 4.73 Å². The standard InChI is InChI=1S/C13H20N2O2/c1-10(2)4-5-11(3)14-13(16)12-6-8-15(17)9-7-12/h6-11H,4-5H2,1-3H3,(H,14,16). The average molecular weight is 236 g/mol. The summed E-state index contributed by atoms with van der Waals surface area (Å²) in [6.07, 6.45) is 4.72. The fraction of sp³-hybridized carbons (Fsp3) is 0.538. The highest BCUT2D eigenvalue weighted by molar-refractivity contribution is 5.94. The highest BCUT2D eigenvalue weighted by Crippen LogP contribution is 2.07. The monoisotopic (exact) mass is 236 g/mol. The third-order valence-corrected chi connectivity index (χ3v) is 2.62. The van der Waals surface area contributed by atoms with Gasteiger partial charge in [-0.1, -0.05) is 13.8 Å². The summed E-state index contributed by atoms with van der Waals surface area (Å²) in [5.41, 5.74) is 0.522. The summed E-state index contributed by atoms with van der Waals surface area (Å²) < 4.78 is 0.666. The quantitative estimate of drug-likeness (QED) is 0.627. The molecule has 0 spiro atoms. The van der Waals surface area contributed by atoms with Crippen molar-refractivity contribution in [3.63, 3.8) is 0 Å². The van der Waals surface area contributed by atoms with Crippen LogP contribution in [0.5, 0.6) is 0 Å². The van der Waals surface area contributed by atoms with Crippen LogP contribution < -0.4 is 10.0 Å². The van der Waals surface area contributed by atoms with E-state index in [-0.39, 0.29) is 11.9 Å². The van der Waals surface area contributed by atoms with Crippen molar-refractivity contribution in [3.8, 4) is 0 Å². The Morgan fingerprint density at radius 2 is 1.88 bits per heavy atom. The first-order valence-corrected chi connectivity index (χ1v) is 5.98. The van der Waals surface area contributed by atoms with E-state index >= 15 is 0 Å². The molecule has 0 bridgehead atoms. The third kappa shape index (κ3) is 4.85. The number of pyridine rings is 1. The Morgan fingerprint density at radius 1 is 1.29 bits per heavy atom. The Hall–Kier alpha value is -1.58. The maximum absolute atomic E-state index is 11.8. The molecular formula is C13H20N2O2. The van der Waals surface area contributed by atoms with E-state index in [9.17, 15) is 10.0 Å². The van der Waals surface area contributed by atoms with Crippen LogP contribution in [0.25, 0.3) is 0 Å². The van der Waals surface area contributed by atoms with Gasteiger partial charge >= 0.3 is 0 Å². The van der Waals surface area contributed by atoms with Crippen LogP contribution in [0.2, 0.25) is 0 Å². The first kappa shape index (κ1) is 13.5. The van der Waals surface area contributed by atoms with Crippen molar-refractivity contribution in [2.45, 2.75) is 39.7 Å². The molecule has 0 fully saturated rings. The van der Waals surface area contributed by atoms with E-state index in [1.165, 1.54) is 24.5 Å². The lowest BCUT2D eigenvalue weighted by Crippen LogP contribution is -2.33. The minimum Gasteiger partial charge on any atom is -0.619 e. The number of carbonyl (C=O) groups excluding carboxylic acids is 1. The fourth-order valence-electron chi connectivity index (χ4n) is 1.53. The van der Waals surface area contributed by atoms with Gasteiger partial charge in [0.25, 0.3) is 5.91 Å². The van der Waals surface area contributed by atoms with Gasteiger partial charge < -0.3 is 10.5 Å². The van der Waals surface area contributed by atoms with Gasteiger partial charge in [0.2, 0.25) is 0 Å². The number of aromatic nitrogens is 1. The van der Waals surface area contributed by atoms with Crippen LogP contribution >= 0.6 is 0 Å². The number of nitrogens with one attached hydrogen (secondary N) is 1. The second-order valence-corrected chi connectivity index (χ2v) is 4.79. The Labute approximate surface area is 102 Å². The van der Waals surface area contributed by atoms with E-state index < -0.39 is 0 Å². The molecule has 1 N–H and O–H groups in total. The number of hydrogen-bond acceptors (Lipinski definition) is 2. The Bertz CT molecular complexity index is 360. The fourth-order valence-corrected chi connectivity index (χ4v) is 1.53. The Kier molecular flexibility index (Phi) is 4.94. The molecule has 0 saturated carbocycles. The van der Waals surface area contributed by atoms with Gasteiger partial charge in [0.05, 0.1) is 5.56 Å². The predicted molar refractivity (Wildman–Crippen MR) is 66.4 cm³/mol. The lowest BCUT2D eigenvalue weighted by Gasteiger charge is -2.14. The highest BCUT2D eigenvalue weighted by atomic mass is 16.5. The zero-order valence-electron chi connectivity index (χ0n) is 10.6. The van der Waals surface area contributed by atoms with E-state index in [1.54, 1.807) is 0 Å². The topological polar surface area (TPSA) is 56.0 Å². The van der Waals surface area contributed by atoms with Gasteiger partial charge in [0.1, 0.15) is 0 Å². The number of carbonyl (C=O) groups is 1. The molecule has 1 amide bonds. The summed E-state index contributed by atoms with van der Waals surface area (Å²) in [5.74, 6) is 0.521. The summed E-state index contributed by atoms with van der Waals surface area (Å²) in [5, 5.41) is 13.7. The summed E-state index contributed by atoms with van der Waals surface area (Å²) in [6, 6.07) is 3.21. The van der Waals surface area contributed by atoms with Gasteiger partial charge in [-0.25, -0.2) is 0 Å². The molecule has 1 unspecified atom stereocenters. The largest absolute Gasteiger partial charge is 0.619 e. The Balaban J connectivity index is 2.46. The zero-order chi connectivity index (χ0) is 12.8. The van der Waals surface area contributed by atoms with E-state index in [0.29, 0.717) is 16.2 Å². The molecule has 1 aromatic heterocycles. The number of nitrogens with zero attached hydrogens (tertiary/aromatic N) is 1.